The SMILES string of the molecule is CC(=O)O.CN(C)C.CO. The van der Waals surface area contributed by atoms with Crippen molar-refractivity contribution in [2.45, 2.75) is 6.92 Å². The van der Waals surface area contributed by atoms with Crippen LogP contribution in [0.2, 0.25) is 0 Å². The summed E-state index contributed by atoms with van der Waals surface area (Å²) in [5.74, 6) is -0.833. The number of carboxylic acid groups (broad SMARTS) is 1. The number of aliphatic carboxylic acids is 1. The Labute approximate surface area is 62.1 Å². The van der Waals surface area contributed by atoms with E-state index in [2.05, 4.69) is 0 Å². The van der Waals surface area contributed by atoms with E-state index < -0.39 is 5.97 Å². The Balaban J connectivity index is -0.0000000787. The van der Waals surface area contributed by atoms with Gasteiger partial charge in [-0.2, -0.15) is 0 Å². The highest BCUT2D eigenvalue weighted by Gasteiger charge is 1.65. The van der Waals surface area contributed by atoms with Crippen molar-refractivity contribution < 1.29 is 15.0 Å². The summed E-state index contributed by atoms with van der Waals surface area (Å²) < 4.78 is 0. The molecule has 64 valence electrons. The van der Waals surface area contributed by atoms with Crippen LogP contribution in [0.25, 0.3) is 0 Å². The molecule has 0 aliphatic rings. The van der Waals surface area contributed by atoms with Crippen molar-refractivity contribution in [1.29, 1.82) is 0 Å². The lowest BCUT2D eigenvalue weighted by atomic mass is 10.9. The average Bonchev–Trinajstić information content (AvgIpc) is 1.66. The van der Waals surface area contributed by atoms with Crippen LogP contribution >= 0.6 is 0 Å². The highest BCUT2D eigenvalue weighted by Crippen LogP contribution is 1.47. The van der Waals surface area contributed by atoms with Gasteiger partial charge in [0.1, 0.15) is 0 Å². The lowest BCUT2D eigenvalue weighted by Crippen LogP contribution is -1.99. The molecule has 0 heterocycles. The topological polar surface area (TPSA) is 60.8 Å². The van der Waals surface area contributed by atoms with Crippen molar-refractivity contribution in [3.05, 3.63) is 0 Å². The molecule has 0 aromatic rings. The molecule has 4 heteroatoms. The van der Waals surface area contributed by atoms with Crippen LogP contribution in [0.3, 0.4) is 0 Å². The molecule has 0 rings (SSSR count). The third-order valence-electron chi connectivity index (χ3n) is 0. The highest BCUT2D eigenvalue weighted by atomic mass is 16.4. The first-order chi connectivity index (χ1) is 4.46. The van der Waals surface area contributed by atoms with Gasteiger partial charge in [-0.1, -0.05) is 0 Å². The van der Waals surface area contributed by atoms with Crippen LogP contribution in [0, 0.1) is 0 Å². The maximum Gasteiger partial charge on any atom is 0.300 e. The van der Waals surface area contributed by atoms with Crippen LogP contribution in [0.1, 0.15) is 6.92 Å². The van der Waals surface area contributed by atoms with Crippen molar-refractivity contribution in [2.24, 2.45) is 0 Å². The van der Waals surface area contributed by atoms with Gasteiger partial charge in [-0.25, -0.2) is 0 Å². The first-order valence-electron chi connectivity index (χ1n) is 2.72. The summed E-state index contributed by atoms with van der Waals surface area (Å²) in [4.78, 5) is 11.0. The van der Waals surface area contributed by atoms with Crippen molar-refractivity contribution in [1.82, 2.24) is 4.90 Å². The Morgan fingerprint density at radius 2 is 1.20 bits per heavy atom. The third-order valence-corrected chi connectivity index (χ3v) is 0. The number of carboxylic acids is 1. The largest absolute Gasteiger partial charge is 0.481 e. The predicted molar refractivity (Wildman–Crippen MR) is 41.1 cm³/mol. The maximum absolute atomic E-state index is 9.00. The smallest absolute Gasteiger partial charge is 0.300 e. The molecule has 0 aromatic carbocycles. The van der Waals surface area contributed by atoms with Gasteiger partial charge in [0, 0.05) is 14.0 Å². The zero-order valence-corrected chi connectivity index (χ0v) is 7.25. The minimum atomic E-state index is -0.833. The van der Waals surface area contributed by atoms with E-state index in [0.717, 1.165) is 14.0 Å². The Morgan fingerprint density at radius 3 is 1.20 bits per heavy atom. The summed E-state index contributed by atoms with van der Waals surface area (Å²) in [6, 6.07) is 0. The lowest BCUT2D eigenvalue weighted by Gasteiger charge is -1.90. The van der Waals surface area contributed by atoms with Crippen molar-refractivity contribution >= 4 is 5.97 Å². The number of rotatable bonds is 0. The summed E-state index contributed by atoms with van der Waals surface area (Å²) in [7, 11) is 7.00. The second-order valence-corrected chi connectivity index (χ2v) is 1.86. The van der Waals surface area contributed by atoms with Crippen molar-refractivity contribution in [3.8, 4) is 0 Å². The van der Waals surface area contributed by atoms with E-state index in [0.29, 0.717) is 0 Å². The first kappa shape index (κ1) is 16.2. The van der Waals surface area contributed by atoms with Gasteiger partial charge >= 0.3 is 0 Å². The third kappa shape index (κ3) is 811. The molecule has 0 aliphatic heterocycles. The van der Waals surface area contributed by atoms with Gasteiger partial charge in [-0.3, -0.25) is 4.79 Å². The van der Waals surface area contributed by atoms with Gasteiger partial charge in [-0.15, -0.1) is 0 Å². The molecule has 0 saturated carbocycles. The van der Waals surface area contributed by atoms with Crippen LogP contribution in [0.4, 0.5) is 0 Å². The van der Waals surface area contributed by atoms with E-state index >= 15 is 0 Å². The number of carbonyl (C=O) groups is 1. The molecule has 0 atom stereocenters. The number of hydrogen-bond acceptors (Lipinski definition) is 3. The predicted octanol–water partition coefficient (Wildman–Crippen LogP) is -0.123. The van der Waals surface area contributed by atoms with Crippen molar-refractivity contribution in [2.75, 3.05) is 28.3 Å². The molecule has 0 bridgehead atoms. The zero-order chi connectivity index (χ0) is 9.15. The van der Waals surface area contributed by atoms with E-state index in [1.807, 2.05) is 26.0 Å². The fourth-order valence-electron chi connectivity index (χ4n) is 0. The zero-order valence-electron chi connectivity index (χ0n) is 7.25. The van der Waals surface area contributed by atoms with E-state index in [4.69, 9.17) is 15.0 Å². The molecule has 10 heavy (non-hydrogen) atoms. The Morgan fingerprint density at radius 1 is 1.20 bits per heavy atom. The number of aliphatic hydroxyl groups excluding tert-OH is 1. The summed E-state index contributed by atoms with van der Waals surface area (Å²) >= 11 is 0. The minimum Gasteiger partial charge on any atom is -0.481 e. The van der Waals surface area contributed by atoms with Gasteiger partial charge in [0.2, 0.25) is 0 Å². The van der Waals surface area contributed by atoms with Gasteiger partial charge in [-0.05, 0) is 21.1 Å². The summed E-state index contributed by atoms with van der Waals surface area (Å²) in [6.07, 6.45) is 0. The monoisotopic (exact) mass is 151 g/mol. The molecule has 0 radical (unpaired) electrons. The van der Waals surface area contributed by atoms with Gasteiger partial charge in [0.15, 0.2) is 0 Å². The normalized spacial score (nSPS) is 6.70. The van der Waals surface area contributed by atoms with Gasteiger partial charge < -0.3 is 15.1 Å². The maximum atomic E-state index is 9.00. The number of nitrogens with zero attached hydrogens (tertiary/aromatic N) is 1. The number of aliphatic hydroxyl groups is 1. The van der Waals surface area contributed by atoms with E-state index in [-0.39, 0.29) is 0 Å². The molecular formula is C6H17NO3. The van der Waals surface area contributed by atoms with Crippen LogP contribution in [0.15, 0.2) is 0 Å². The van der Waals surface area contributed by atoms with Crippen LogP contribution in [0.5, 0.6) is 0 Å². The second-order valence-electron chi connectivity index (χ2n) is 1.86. The van der Waals surface area contributed by atoms with E-state index in [9.17, 15) is 0 Å². The summed E-state index contributed by atoms with van der Waals surface area (Å²) in [5, 5.41) is 14.4. The standard InChI is InChI=1S/C3H9N.C2H4O2.CH4O/c1-4(2)3;1-2(3)4;1-2/h1-3H3;1H3,(H,3,4);2H,1H3. The fraction of sp³-hybridized carbons (Fsp3) is 0.833. The minimum absolute atomic E-state index is 0.833. The highest BCUT2D eigenvalue weighted by molar-refractivity contribution is 5.62. The molecule has 0 saturated heterocycles. The Bertz CT molecular complexity index is 57.3. The molecule has 0 aromatic heterocycles. The van der Waals surface area contributed by atoms with E-state index in [1.165, 1.54) is 0 Å². The van der Waals surface area contributed by atoms with Crippen LogP contribution < -0.4 is 0 Å². The molecule has 4 nitrogen and oxygen atoms in total. The number of hydrogen-bond donors (Lipinski definition) is 2. The van der Waals surface area contributed by atoms with E-state index in [1.54, 1.807) is 0 Å². The summed E-state index contributed by atoms with van der Waals surface area (Å²) in [6.45, 7) is 1.08. The quantitative estimate of drug-likeness (QED) is 0.506. The molecule has 0 fully saturated rings. The van der Waals surface area contributed by atoms with Crippen LogP contribution in [-0.4, -0.2) is 49.3 Å². The summed E-state index contributed by atoms with van der Waals surface area (Å²) in [5.41, 5.74) is 0. The Kier molecular flexibility index (Phi) is 25.5. The van der Waals surface area contributed by atoms with Crippen LogP contribution in [-0.2, 0) is 4.79 Å². The van der Waals surface area contributed by atoms with Crippen molar-refractivity contribution in [3.63, 3.8) is 0 Å². The molecule has 0 amide bonds. The molecule has 2 N–H and O–H groups in total. The molecule has 0 unspecified atom stereocenters. The average molecular weight is 151 g/mol. The Hall–Kier alpha value is -0.610. The van der Waals surface area contributed by atoms with Gasteiger partial charge in [0.25, 0.3) is 5.97 Å². The molecule has 0 aliphatic carbocycles. The fourth-order valence-corrected chi connectivity index (χ4v) is 0. The molecule has 0 spiro atoms. The molecular weight excluding hydrogens is 134 g/mol. The van der Waals surface area contributed by atoms with Gasteiger partial charge in [0.05, 0.1) is 0 Å². The first-order valence-corrected chi connectivity index (χ1v) is 2.72. The second kappa shape index (κ2) is 15.8. The lowest BCUT2D eigenvalue weighted by molar-refractivity contribution is -0.134.